The lowest BCUT2D eigenvalue weighted by molar-refractivity contribution is -0.0552. The molecule has 0 saturated heterocycles. The maximum atomic E-state index is 14.4. The lowest BCUT2D eigenvalue weighted by Gasteiger charge is -2.31. The van der Waals surface area contributed by atoms with E-state index in [1.54, 1.807) is 0 Å². The Morgan fingerprint density at radius 1 is 1.31 bits per heavy atom. The molecule has 2 aromatic rings. The van der Waals surface area contributed by atoms with Crippen LogP contribution in [0.4, 0.5) is 14.7 Å². The van der Waals surface area contributed by atoms with Gasteiger partial charge in [-0.05, 0) is 23.3 Å². The van der Waals surface area contributed by atoms with E-state index in [1.165, 1.54) is 18.8 Å². The van der Waals surface area contributed by atoms with Crippen LogP contribution < -0.4 is 10.9 Å². The van der Waals surface area contributed by atoms with E-state index in [9.17, 15) is 18.4 Å². The Labute approximate surface area is 151 Å². The molecule has 140 valence electrons. The topological polar surface area (TPSA) is 108 Å². The van der Waals surface area contributed by atoms with Crippen LogP contribution in [0, 0.1) is 0 Å². The average Bonchev–Trinajstić information content (AvgIpc) is 2.97. The summed E-state index contributed by atoms with van der Waals surface area (Å²) in [6, 6.07) is 0. The van der Waals surface area contributed by atoms with Crippen molar-refractivity contribution >= 4 is 23.5 Å². The first-order valence-corrected chi connectivity index (χ1v) is 8.28. The van der Waals surface area contributed by atoms with Crippen LogP contribution in [-0.4, -0.2) is 41.8 Å². The lowest BCUT2D eigenvalue weighted by atomic mass is 9.81. The van der Waals surface area contributed by atoms with Crippen LogP contribution in [0.1, 0.15) is 47.7 Å². The predicted octanol–water partition coefficient (Wildman–Crippen LogP) is 1.50. The van der Waals surface area contributed by atoms with Gasteiger partial charge in [0.2, 0.25) is 5.95 Å². The van der Waals surface area contributed by atoms with Crippen molar-refractivity contribution < 1.29 is 13.6 Å². The van der Waals surface area contributed by atoms with Gasteiger partial charge in [0.15, 0.2) is 5.69 Å². The standard InChI is InChI=1S/C14H16ClF2N7O2/c1-23-12(26)8(7-5-3-4-6-14(7,16)17)9(15)10(20-23)11(25)18-13-19-21-22-24(13)2/h7H,3-6H2,1-2H3,(H,18,19,22,25). The molecule has 1 amide bonds. The fraction of sp³-hybridized carbons (Fsp3) is 0.571. The molecule has 1 saturated carbocycles. The number of tetrazole rings is 1. The zero-order chi connectivity index (χ0) is 19.1. The summed E-state index contributed by atoms with van der Waals surface area (Å²) in [6.07, 6.45) is 0.707. The summed E-state index contributed by atoms with van der Waals surface area (Å²) in [4.78, 5) is 24.9. The van der Waals surface area contributed by atoms with Gasteiger partial charge in [-0.15, -0.1) is 0 Å². The van der Waals surface area contributed by atoms with Crippen molar-refractivity contribution in [1.29, 1.82) is 0 Å². The predicted molar refractivity (Wildman–Crippen MR) is 87.4 cm³/mol. The lowest BCUT2D eigenvalue weighted by Crippen LogP contribution is -2.37. The molecule has 0 aromatic carbocycles. The van der Waals surface area contributed by atoms with E-state index in [2.05, 4.69) is 25.9 Å². The zero-order valence-electron chi connectivity index (χ0n) is 14.0. The molecule has 1 N–H and O–H groups in total. The number of aryl methyl sites for hydroxylation is 2. The average molecular weight is 388 g/mol. The highest BCUT2D eigenvalue weighted by Crippen LogP contribution is 2.45. The Balaban J connectivity index is 2.05. The minimum Gasteiger partial charge on any atom is -0.288 e. The van der Waals surface area contributed by atoms with Gasteiger partial charge >= 0.3 is 0 Å². The highest BCUT2D eigenvalue weighted by molar-refractivity contribution is 6.34. The van der Waals surface area contributed by atoms with Crippen LogP contribution in [-0.2, 0) is 14.1 Å². The van der Waals surface area contributed by atoms with E-state index in [-0.39, 0.29) is 35.1 Å². The molecule has 2 aromatic heterocycles. The highest BCUT2D eigenvalue weighted by Gasteiger charge is 2.45. The monoisotopic (exact) mass is 387 g/mol. The first kappa shape index (κ1) is 18.4. The van der Waals surface area contributed by atoms with Crippen molar-refractivity contribution in [2.75, 3.05) is 5.32 Å². The number of aromatic nitrogens is 6. The fourth-order valence-corrected chi connectivity index (χ4v) is 3.36. The van der Waals surface area contributed by atoms with Crippen LogP contribution in [0.25, 0.3) is 0 Å². The molecule has 1 fully saturated rings. The number of nitrogens with zero attached hydrogens (tertiary/aromatic N) is 6. The molecular weight excluding hydrogens is 372 g/mol. The number of nitrogens with one attached hydrogen (secondary N) is 1. The summed E-state index contributed by atoms with van der Waals surface area (Å²) in [5.74, 6) is -5.21. The minimum atomic E-state index is -3.07. The van der Waals surface area contributed by atoms with Gasteiger partial charge in [-0.1, -0.05) is 23.1 Å². The number of hydrogen-bond acceptors (Lipinski definition) is 6. The van der Waals surface area contributed by atoms with Crippen molar-refractivity contribution in [2.45, 2.75) is 37.5 Å². The van der Waals surface area contributed by atoms with E-state index in [4.69, 9.17) is 11.6 Å². The summed E-state index contributed by atoms with van der Waals surface area (Å²) in [5, 5.41) is 16.4. The summed E-state index contributed by atoms with van der Waals surface area (Å²) < 4.78 is 30.8. The molecule has 12 heteroatoms. The molecular formula is C14H16ClF2N7O2. The third-order valence-corrected chi connectivity index (χ3v) is 4.77. The van der Waals surface area contributed by atoms with Crippen molar-refractivity contribution in [3.8, 4) is 0 Å². The first-order chi connectivity index (χ1) is 12.2. The first-order valence-electron chi connectivity index (χ1n) is 7.90. The van der Waals surface area contributed by atoms with E-state index in [0.29, 0.717) is 12.8 Å². The number of hydrogen-bond donors (Lipinski definition) is 1. The largest absolute Gasteiger partial charge is 0.288 e. The van der Waals surface area contributed by atoms with Crippen molar-refractivity contribution in [1.82, 2.24) is 30.0 Å². The SMILES string of the molecule is Cn1nnnc1NC(=O)c1nn(C)c(=O)c(C2CCCCC2(F)F)c1Cl. The molecule has 9 nitrogen and oxygen atoms in total. The van der Waals surface area contributed by atoms with Crippen LogP contribution in [0.5, 0.6) is 0 Å². The van der Waals surface area contributed by atoms with Gasteiger partial charge in [0.25, 0.3) is 17.4 Å². The molecule has 1 aliphatic carbocycles. The summed E-state index contributed by atoms with van der Waals surface area (Å²) >= 11 is 6.19. The van der Waals surface area contributed by atoms with Gasteiger partial charge in [0.1, 0.15) is 0 Å². The van der Waals surface area contributed by atoms with Crippen LogP contribution >= 0.6 is 11.6 Å². The smallest absolute Gasteiger partial charge is 0.280 e. The van der Waals surface area contributed by atoms with Crippen molar-refractivity contribution in [2.24, 2.45) is 14.1 Å². The second-order valence-corrected chi connectivity index (χ2v) is 6.52. The van der Waals surface area contributed by atoms with E-state index < -0.39 is 23.3 Å². The summed E-state index contributed by atoms with van der Waals surface area (Å²) in [6.45, 7) is 0. The maximum absolute atomic E-state index is 14.4. The molecule has 26 heavy (non-hydrogen) atoms. The molecule has 0 aliphatic heterocycles. The number of rotatable bonds is 3. The Bertz CT molecular complexity index is 911. The number of carbonyl (C=O) groups is 1. The van der Waals surface area contributed by atoms with Gasteiger partial charge in [0, 0.05) is 26.1 Å². The van der Waals surface area contributed by atoms with Crippen LogP contribution in [0.15, 0.2) is 4.79 Å². The Kier molecular flexibility index (Phi) is 4.74. The molecule has 1 aliphatic rings. The van der Waals surface area contributed by atoms with Gasteiger partial charge < -0.3 is 0 Å². The van der Waals surface area contributed by atoms with Crippen LogP contribution in [0.2, 0.25) is 5.02 Å². The molecule has 0 spiro atoms. The second-order valence-electron chi connectivity index (χ2n) is 6.14. The van der Waals surface area contributed by atoms with Gasteiger partial charge in [-0.3, -0.25) is 14.9 Å². The zero-order valence-corrected chi connectivity index (χ0v) is 14.8. The number of alkyl halides is 2. The van der Waals surface area contributed by atoms with Gasteiger partial charge in [-0.25, -0.2) is 18.1 Å². The number of anilines is 1. The quantitative estimate of drug-likeness (QED) is 0.855. The van der Waals surface area contributed by atoms with Crippen LogP contribution in [0.3, 0.4) is 0 Å². The third kappa shape index (κ3) is 3.18. The maximum Gasteiger partial charge on any atom is 0.280 e. The fourth-order valence-electron chi connectivity index (χ4n) is 3.03. The number of amides is 1. The molecule has 3 rings (SSSR count). The summed E-state index contributed by atoms with van der Waals surface area (Å²) in [5.41, 5.74) is -1.36. The van der Waals surface area contributed by atoms with E-state index >= 15 is 0 Å². The normalized spacial score (nSPS) is 19.3. The molecule has 2 heterocycles. The molecule has 1 unspecified atom stereocenters. The Hall–Kier alpha value is -2.43. The molecule has 1 atom stereocenters. The second kappa shape index (κ2) is 6.71. The van der Waals surface area contributed by atoms with Crippen molar-refractivity contribution in [3.05, 3.63) is 26.6 Å². The Morgan fingerprint density at radius 3 is 2.65 bits per heavy atom. The van der Waals surface area contributed by atoms with Gasteiger partial charge in [0.05, 0.1) is 10.9 Å². The van der Waals surface area contributed by atoms with E-state index in [1.807, 2.05) is 0 Å². The van der Waals surface area contributed by atoms with Crippen molar-refractivity contribution in [3.63, 3.8) is 0 Å². The number of carbonyl (C=O) groups excluding carboxylic acids is 1. The third-order valence-electron chi connectivity index (χ3n) is 4.39. The molecule has 0 bridgehead atoms. The number of halogens is 3. The summed E-state index contributed by atoms with van der Waals surface area (Å²) in [7, 11) is 2.78. The highest BCUT2D eigenvalue weighted by atomic mass is 35.5. The molecule has 0 radical (unpaired) electrons. The Morgan fingerprint density at radius 2 is 2.04 bits per heavy atom. The van der Waals surface area contributed by atoms with Gasteiger partial charge in [-0.2, -0.15) is 5.10 Å². The van der Waals surface area contributed by atoms with E-state index in [0.717, 1.165) is 4.68 Å². The minimum absolute atomic E-state index is 0.0197.